The monoisotopic (exact) mass is 202 g/mol. The van der Waals surface area contributed by atoms with Crippen molar-refractivity contribution in [3.8, 4) is 0 Å². The lowest BCUT2D eigenvalue weighted by atomic mass is 10.1. The molecule has 1 aliphatic rings. The van der Waals surface area contributed by atoms with E-state index in [9.17, 15) is 9.59 Å². The van der Waals surface area contributed by atoms with Gasteiger partial charge in [0.05, 0.1) is 20.3 Å². The molecule has 0 aromatic heterocycles. The predicted molar refractivity (Wildman–Crippen MR) is 46.5 cm³/mol. The fourth-order valence-corrected chi connectivity index (χ4v) is 1.51. The molecule has 1 aliphatic carbocycles. The highest BCUT2D eigenvalue weighted by Gasteiger charge is 2.69. The summed E-state index contributed by atoms with van der Waals surface area (Å²) in [5, 5.41) is 0. The molecule has 0 aromatic carbocycles. The van der Waals surface area contributed by atoms with Crippen molar-refractivity contribution in [2.24, 2.45) is 5.41 Å². The van der Waals surface area contributed by atoms with Crippen LogP contribution in [0, 0.1) is 5.41 Å². The van der Waals surface area contributed by atoms with Gasteiger partial charge in [-0.05, 0) is 6.92 Å². The molecule has 1 rings (SSSR count). The van der Waals surface area contributed by atoms with E-state index in [1.807, 2.05) is 0 Å². The number of hydrogen-bond acceptors (Lipinski definition) is 5. The van der Waals surface area contributed by atoms with Gasteiger partial charge in [-0.1, -0.05) is 0 Å². The Hall–Kier alpha value is -1.10. The molecule has 1 atom stereocenters. The zero-order valence-electron chi connectivity index (χ0n) is 8.53. The Bertz CT molecular complexity index is 232. The van der Waals surface area contributed by atoms with Crippen molar-refractivity contribution < 1.29 is 23.8 Å². The predicted octanol–water partition coefficient (Wildman–Crippen LogP) is 0.128. The average molecular weight is 202 g/mol. The van der Waals surface area contributed by atoms with Crippen LogP contribution < -0.4 is 0 Å². The van der Waals surface area contributed by atoms with E-state index in [4.69, 9.17) is 4.74 Å². The molecule has 0 amide bonds. The largest absolute Gasteiger partial charge is 0.468 e. The number of hydrogen-bond donors (Lipinski definition) is 0. The highest BCUT2D eigenvalue weighted by Crippen LogP contribution is 2.50. The van der Waals surface area contributed by atoms with Gasteiger partial charge in [-0.25, -0.2) is 0 Å². The molecule has 0 N–H and O–H groups in total. The molecule has 0 spiro atoms. The fraction of sp³-hybridized carbons (Fsp3) is 0.778. The SMILES string of the molecule is CCOC1CC1(C(=O)OC)C(=O)OC. The molecule has 1 fully saturated rings. The first-order chi connectivity index (χ1) is 6.63. The summed E-state index contributed by atoms with van der Waals surface area (Å²) < 4.78 is 14.3. The van der Waals surface area contributed by atoms with Crippen LogP contribution in [0.2, 0.25) is 0 Å². The Labute approximate surface area is 82.3 Å². The van der Waals surface area contributed by atoms with Crippen LogP contribution in [-0.4, -0.2) is 38.9 Å². The quantitative estimate of drug-likeness (QED) is 0.479. The lowest BCUT2D eigenvalue weighted by Crippen LogP contribution is -2.32. The summed E-state index contributed by atoms with van der Waals surface area (Å²) in [6.07, 6.45) is -0.0485. The van der Waals surface area contributed by atoms with E-state index in [1.54, 1.807) is 6.92 Å². The molecule has 5 nitrogen and oxygen atoms in total. The van der Waals surface area contributed by atoms with Crippen molar-refractivity contribution in [2.75, 3.05) is 20.8 Å². The molecular formula is C9H14O5. The number of rotatable bonds is 4. The van der Waals surface area contributed by atoms with Crippen molar-refractivity contribution in [1.29, 1.82) is 0 Å². The topological polar surface area (TPSA) is 61.8 Å². The van der Waals surface area contributed by atoms with Crippen molar-refractivity contribution in [3.63, 3.8) is 0 Å². The van der Waals surface area contributed by atoms with Gasteiger partial charge in [-0.3, -0.25) is 9.59 Å². The average Bonchev–Trinajstić information content (AvgIpc) is 2.92. The van der Waals surface area contributed by atoms with Gasteiger partial charge in [0.25, 0.3) is 0 Å². The molecule has 0 heterocycles. The van der Waals surface area contributed by atoms with Gasteiger partial charge < -0.3 is 14.2 Å². The second-order valence-corrected chi connectivity index (χ2v) is 3.10. The van der Waals surface area contributed by atoms with E-state index in [1.165, 1.54) is 14.2 Å². The summed E-state index contributed by atoms with van der Waals surface area (Å²) in [5.74, 6) is -1.16. The van der Waals surface area contributed by atoms with Crippen molar-refractivity contribution >= 4 is 11.9 Å². The molecule has 1 unspecified atom stereocenters. The maximum absolute atomic E-state index is 11.4. The van der Waals surface area contributed by atoms with Crippen LogP contribution in [0.25, 0.3) is 0 Å². The Morgan fingerprint density at radius 2 is 1.79 bits per heavy atom. The third-order valence-corrected chi connectivity index (χ3v) is 2.36. The molecule has 14 heavy (non-hydrogen) atoms. The van der Waals surface area contributed by atoms with E-state index >= 15 is 0 Å². The van der Waals surface area contributed by atoms with E-state index in [0.29, 0.717) is 13.0 Å². The molecule has 0 saturated heterocycles. The number of methoxy groups -OCH3 is 2. The van der Waals surface area contributed by atoms with Gasteiger partial charge in [0.1, 0.15) is 0 Å². The van der Waals surface area contributed by atoms with Gasteiger partial charge in [0.2, 0.25) is 0 Å². The Morgan fingerprint density at radius 3 is 2.14 bits per heavy atom. The zero-order chi connectivity index (χ0) is 10.8. The Balaban J connectivity index is 2.75. The first-order valence-electron chi connectivity index (χ1n) is 4.41. The Kier molecular flexibility index (Phi) is 3.10. The number of carbonyl (C=O) groups excluding carboxylic acids is 2. The molecule has 80 valence electrons. The third kappa shape index (κ3) is 1.48. The van der Waals surface area contributed by atoms with Gasteiger partial charge in [-0.2, -0.15) is 0 Å². The number of carbonyl (C=O) groups is 2. The van der Waals surface area contributed by atoms with Gasteiger partial charge in [0.15, 0.2) is 5.41 Å². The van der Waals surface area contributed by atoms with E-state index in [-0.39, 0.29) is 0 Å². The molecule has 0 aromatic rings. The van der Waals surface area contributed by atoms with Crippen LogP contribution in [-0.2, 0) is 23.8 Å². The van der Waals surface area contributed by atoms with Gasteiger partial charge in [0, 0.05) is 13.0 Å². The summed E-state index contributed by atoms with van der Waals surface area (Å²) in [4.78, 5) is 22.8. The lowest BCUT2D eigenvalue weighted by molar-refractivity contribution is -0.163. The van der Waals surface area contributed by atoms with Gasteiger partial charge in [-0.15, -0.1) is 0 Å². The summed E-state index contributed by atoms with van der Waals surface area (Å²) in [7, 11) is 2.49. The highest BCUT2D eigenvalue weighted by atomic mass is 16.6. The van der Waals surface area contributed by atoms with E-state index < -0.39 is 23.5 Å². The first kappa shape index (κ1) is 11.0. The lowest BCUT2D eigenvalue weighted by Gasteiger charge is -2.11. The van der Waals surface area contributed by atoms with Gasteiger partial charge >= 0.3 is 11.9 Å². The van der Waals surface area contributed by atoms with Crippen molar-refractivity contribution in [3.05, 3.63) is 0 Å². The summed E-state index contributed by atoms with van der Waals surface area (Å²) in [6, 6.07) is 0. The minimum Gasteiger partial charge on any atom is -0.468 e. The maximum Gasteiger partial charge on any atom is 0.326 e. The number of esters is 2. The first-order valence-corrected chi connectivity index (χ1v) is 4.41. The molecule has 0 radical (unpaired) electrons. The highest BCUT2D eigenvalue weighted by molar-refractivity contribution is 6.04. The van der Waals surface area contributed by atoms with E-state index in [2.05, 4.69) is 9.47 Å². The van der Waals surface area contributed by atoms with E-state index in [0.717, 1.165) is 0 Å². The molecule has 0 bridgehead atoms. The molecule has 1 saturated carbocycles. The zero-order valence-corrected chi connectivity index (χ0v) is 8.53. The third-order valence-electron chi connectivity index (χ3n) is 2.36. The minimum atomic E-state index is -1.21. The minimum absolute atomic E-state index is 0.347. The smallest absolute Gasteiger partial charge is 0.326 e. The van der Waals surface area contributed by atoms with Crippen LogP contribution >= 0.6 is 0 Å². The summed E-state index contributed by atoms with van der Waals surface area (Å²) >= 11 is 0. The van der Waals surface area contributed by atoms with Crippen LogP contribution in [0.4, 0.5) is 0 Å². The summed E-state index contributed by atoms with van der Waals surface area (Å²) in [6.45, 7) is 2.26. The molecule has 5 heteroatoms. The van der Waals surface area contributed by atoms with Crippen molar-refractivity contribution in [2.45, 2.75) is 19.4 Å². The second kappa shape index (κ2) is 3.96. The molecule has 0 aliphatic heterocycles. The standard InChI is InChI=1S/C9H14O5/c1-4-14-6-5-9(6,7(10)12-2)8(11)13-3/h6H,4-5H2,1-3H3. The van der Waals surface area contributed by atoms with Crippen LogP contribution in [0.15, 0.2) is 0 Å². The second-order valence-electron chi connectivity index (χ2n) is 3.10. The molecular weight excluding hydrogens is 188 g/mol. The normalized spacial score (nSPS) is 22.6. The van der Waals surface area contributed by atoms with Crippen LogP contribution in [0.3, 0.4) is 0 Å². The van der Waals surface area contributed by atoms with Crippen molar-refractivity contribution in [1.82, 2.24) is 0 Å². The van der Waals surface area contributed by atoms with Crippen LogP contribution in [0.1, 0.15) is 13.3 Å². The Morgan fingerprint density at radius 1 is 1.29 bits per heavy atom. The maximum atomic E-state index is 11.4. The fourth-order valence-electron chi connectivity index (χ4n) is 1.51. The number of ether oxygens (including phenoxy) is 3. The van der Waals surface area contributed by atoms with Crippen LogP contribution in [0.5, 0.6) is 0 Å². The summed E-state index contributed by atoms with van der Waals surface area (Å²) in [5.41, 5.74) is -1.21.